The van der Waals surface area contributed by atoms with E-state index in [1.165, 1.54) is 54.9 Å². The molecule has 0 spiro atoms. The van der Waals surface area contributed by atoms with Crippen molar-refractivity contribution in [3.05, 3.63) is 106 Å². The molecule has 0 radical (unpaired) electrons. The van der Waals surface area contributed by atoms with E-state index in [0.29, 0.717) is 5.78 Å². The molecule has 0 heterocycles. The molecular formula is C27H18O. The average Bonchev–Trinajstić information content (AvgIpc) is 2.74. The maximum atomic E-state index is 13.8. The smallest absolute Gasteiger partial charge is 0.156 e. The van der Waals surface area contributed by atoms with Crippen LogP contribution < -0.4 is 0 Å². The van der Waals surface area contributed by atoms with Crippen LogP contribution in [0.1, 0.15) is 45.2 Å². The number of hydrogen-bond donors (Lipinski definition) is 0. The molecule has 0 saturated heterocycles. The summed E-state index contributed by atoms with van der Waals surface area (Å²) in [6.07, 6.45) is 6.18. The molecule has 0 amide bonds. The van der Waals surface area contributed by atoms with E-state index < -0.39 is 0 Å². The Morgan fingerprint density at radius 1 is 0.750 bits per heavy atom. The summed E-state index contributed by atoms with van der Waals surface area (Å²) in [7, 11) is 0. The maximum Gasteiger partial charge on any atom is 0.156 e. The van der Waals surface area contributed by atoms with E-state index >= 15 is 0 Å². The van der Waals surface area contributed by atoms with Crippen LogP contribution in [0, 0.1) is 0 Å². The van der Waals surface area contributed by atoms with Crippen molar-refractivity contribution in [2.75, 3.05) is 0 Å². The molecule has 0 saturated carbocycles. The minimum absolute atomic E-state index is 0.0994. The number of Topliss-reactive ketones (excluding diaryl/α,β-unsaturated/α-hetero) is 1. The van der Waals surface area contributed by atoms with Crippen LogP contribution in [0.4, 0.5) is 0 Å². The second kappa shape index (κ2) is 4.99. The zero-order valence-electron chi connectivity index (χ0n) is 15.4. The third kappa shape index (κ3) is 1.70. The number of carbonyl (C=O) groups is 1. The summed E-state index contributed by atoms with van der Waals surface area (Å²) < 4.78 is 0. The van der Waals surface area contributed by atoms with Gasteiger partial charge in [-0.25, -0.2) is 0 Å². The Morgan fingerprint density at radius 3 is 2.39 bits per heavy atom. The van der Waals surface area contributed by atoms with E-state index in [4.69, 9.17) is 0 Å². The number of carbonyl (C=O) groups excluding carboxylic acids is 1. The second-order valence-electron chi connectivity index (χ2n) is 8.40. The molecule has 1 nitrogen and oxygen atoms in total. The Balaban J connectivity index is 1.63. The van der Waals surface area contributed by atoms with Gasteiger partial charge in [0, 0.05) is 0 Å². The van der Waals surface area contributed by atoms with Gasteiger partial charge >= 0.3 is 0 Å². The van der Waals surface area contributed by atoms with Crippen molar-refractivity contribution in [2.24, 2.45) is 0 Å². The van der Waals surface area contributed by atoms with Crippen molar-refractivity contribution in [3.63, 3.8) is 0 Å². The highest BCUT2D eigenvalue weighted by Gasteiger charge is 2.42. The van der Waals surface area contributed by atoms with Gasteiger partial charge in [0.15, 0.2) is 5.78 Å². The molecule has 0 fully saturated rings. The van der Waals surface area contributed by atoms with Gasteiger partial charge in [0.25, 0.3) is 0 Å². The number of ketones is 1. The van der Waals surface area contributed by atoms with Crippen LogP contribution in [0.3, 0.4) is 0 Å². The van der Waals surface area contributed by atoms with Gasteiger partial charge in [0.05, 0.1) is 11.8 Å². The lowest BCUT2D eigenvalue weighted by Gasteiger charge is -2.37. The van der Waals surface area contributed by atoms with Crippen molar-refractivity contribution in [2.45, 2.75) is 24.7 Å². The van der Waals surface area contributed by atoms with E-state index in [-0.39, 0.29) is 11.8 Å². The minimum atomic E-state index is -0.137. The highest BCUT2D eigenvalue weighted by molar-refractivity contribution is 6.10. The molecule has 3 aliphatic carbocycles. The third-order valence-corrected chi connectivity index (χ3v) is 7.00. The number of rotatable bonds is 0. The predicted octanol–water partition coefficient (Wildman–Crippen LogP) is 5.81. The van der Waals surface area contributed by atoms with Crippen molar-refractivity contribution in [3.8, 4) is 0 Å². The Hall–Kier alpha value is -3.19. The summed E-state index contributed by atoms with van der Waals surface area (Å²) in [5.41, 5.74) is 7.75. The Bertz CT molecular complexity index is 1390. The van der Waals surface area contributed by atoms with Gasteiger partial charge in [0.2, 0.25) is 0 Å². The zero-order chi connectivity index (χ0) is 18.4. The van der Waals surface area contributed by atoms with Crippen LogP contribution >= 0.6 is 0 Å². The van der Waals surface area contributed by atoms with Crippen molar-refractivity contribution in [1.29, 1.82) is 0 Å². The van der Waals surface area contributed by atoms with Gasteiger partial charge in [-0.3, -0.25) is 4.79 Å². The quantitative estimate of drug-likeness (QED) is 0.363. The van der Waals surface area contributed by atoms with Gasteiger partial charge in [-0.15, -0.1) is 0 Å². The molecule has 4 aromatic rings. The Morgan fingerprint density at radius 2 is 1.54 bits per heavy atom. The zero-order valence-corrected chi connectivity index (χ0v) is 15.4. The maximum absolute atomic E-state index is 13.8. The molecule has 0 bridgehead atoms. The summed E-state index contributed by atoms with van der Waals surface area (Å²) >= 11 is 0. The molecule has 3 aliphatic rings. The molecule has 132 valence electrons. The van der Waals surface area contributed by atoms with Gasteiger partial charge in [-0.2, -0.15) is 0 Å². The summed E-state index contributed by atoms with van der Waals surface area (Å²) in [6.45, 7) is 0. The molecule has 0 aliphatic heterocycles. The van der Waals surface area contributed by atoms with Crippen LogP contribution in [0.15, 0.2) is 72.8 Å². The van der Waals surface area contributed by atoms with Crippen LogP contribution in [-0.4, -0.2) is 5.78 Å². The minimum Gasteiger partial charge on any atom is -0.298 e. The fourth-order valence-electron chi connectivity index (χ4n) is 5.80. The van der Waals surface area contributed by atoms with Crippen molar-refractivity contribution >= 4 is 27.3 Å². The van der Waals surface area contributed by atoms with E-state index in [1.807, 2.05) is 0 Å². The Kier molecular flexibility index (Phi) is 2.64. The third-order valence-electron chi connectivity index (χ3n) is 7.00. The van der Waals surface area contributed by atoms with E-state index in [2.05, 4.69) is 72.8 Å². The van der Waals surface area contributed by atoms with Crippen molar-refractivity contribution in [1.82, 2.24) is 0 Å². The first kappa shape index (κ1) is 14.8. The van der Waals surface area contributed by atoms with Crippen LogP contribution in [0.25, 0.3) is 21.5 Å². The number of allylic oxidation sites excluding steroid dienone is 2. The van der Waals surface area contributed by atoms with E-state index in [0.717, 1.165) is 12.8 Å². The monoisotopic (exact) mass is 358 g/mol. The first-order valence-electron chi connectivity index (χ1n) is 10.1. The highest BCUT2D eigenvalue weighted by atomic mass is 16.1. The van der Waals surface area contributed by atoms with Crippen LogP contribution in [-0.2, 0) is 17.6 Å². The summed E-state index contributed by atoms with van der Waals surface area (Å²) in [4.78, 5) is 13.8. The van der Waals surface area contributed by atoms with Gasteiger partial charge in [0.1, 0.15) is 0 Å². The van der Waals surface area contributed by atoms with E-state index in [9.17, 15) is 4.79 Å². The SMILES string of the molecule is O=C1C2C=CCc3ccc4ccc5c(c4c32)C1c1cc2ccccc2cc1C5. The topological polar surface area (TPSA) is 17.1 Å². The van der Waals surface area contributed by atoms with Gasteiger partial charge in [-0.1, -0.05) is 66.7 Å². The average molecular weight is 358 g/mol. The summed E-state index contributed by atoms with van der Waals surface area (Å²) in [5, 5.41) is 5.12. The molecule has 0 aromatic heterocycles. The molecule has 0 N–H and O–H groups in total. The number of benzene rings is 4. The lowest BCUT2D eigenvalue weighted by atomic mass is 9.64. The van der Waals surface area contributed by atoms with Crippen molar-refractivity contribution < 1.29 is 4.79 Å². The predicted molar refractivity (Wildman–Crippen MR) is 113 cm³/mol. The molecule has 28 heavy (non-hydrogen) atoms. The standard InChI is InChI=1S/C27H18O/c28-27-21-7-3-6-15-8-9-16-10-11-19-13-20-12-17-4-1-2-5-18(17)14-22(20)26(27)25(19)24(16)23(15)21/h1-5,7-12,14,21,26H,6,13H2. The summed E-state index contributed by atoms with van der Waals surface area (Å²) in [5.74, 6) is 0.112. The summed E-state index contributed by atoms with van der Waals surface area (Å²) in [6, 6.07) is 22.0. The lowest BCUT2D eigenvalue weighted by molar-refractivity contribution is -0.120. The largest absolute Gasteiger partial charge is 0.298 e. The lowest BCUT2D eigenvalue weighted by Crippen LogP contribution is -2.31. The molecule has 4 aromatic carbocycles. The molecule has 7 rings (SSSR count). The highest BCUT2D eigenvalue weighted by Crippen LogP contribution is 2.51. The fourth-order valence-corrected chi connectivity index (χ4v) is 5.80. The Labute approximate surface area is 163 Å². The van der Waals surface area contributed by atoms with Gasteiger partial charge < -0.3 is 0 Å². The molecule has 1 heteroatoms. The number of hydrogen-bond acceptors (Lipinski definition) is 1. The van der Waals surface area contributed by atoms with Crippen LogP contribution in [0.5, 0.6) is 0 Å². The molecule has 2 unspecified atom stereocenters. The first-order valence-corrected chi connectivity index (χ1v) is 10.1. The van der Waals surface area contributed by atoms with E-state index in [1.54, 1.807) is 0 Å². The second-order valence-corrected chi connectivity index (χ2v) is 8.40. The van der Waals surface area contributed by atoms with Gasteiger partial charge in [-0.05, 0) is 73.8 Å². The fraction of sp³-hybridized carbons (Fsp3) is 0.148. The normalized spacial score (nSPS) is 21.2. The number of fused-ring (bicyclic) bond motifs is 3. The van der Waals surface area contributed by atoms with Crippen LogP contribution in [0.2, 0.25) is 0 Å². The molecule has 2 atom stereocenters. The first-order chi connectivity index (χ1) is 13.8. The molecular weight excluding hydrogens is 340 g/mol.